The van der Waals surface area contributed by atoms with E-state index in [-0.39, 0.29) is 5.78 Å². The van der Waals surface area contributed by atoms with Crippen LogP contribution < -0.4 is 5.73 Å². The lowest BCUT2D eigenvalue weighted by molar-refractivity contribution is 0.0984. The van der Waals surface area contributed by atoms with Crippen molar-refractivity contribution < 1.29 is 9.32 Å². The van der Waals surface area contributed by atoms with E-state index in [9.17, 15) is 4.79 Å². The number of nitrogens with two attached hydrogens (primary N) is 1. The smallest absolute Gasteiger partial charge is 0.169 e. The molecule has 0 saturated heterocycles. The number of hydrogen-bond donors (Lipinski definition) is 1. The molecule has 11 heavy (non-hydrogen) atoms. The molecule has 60 valence electrons. The van der Waals surface area contributed by atoms with Crippen LogP contribution in [0.3, 0.4) is 0 Å². The lowest BCUT2D eigenvalue weighted by Gasteiger charge is -1.92. The van der Waals surface area contributed by atoms with Gasteiger partial charge in [0.1, 0.15) is 5.76 Å². The number of carbonyl (C=O) groups is 1. The zero-order chi connectivity index (χ0) is 8.27. The van der Waals surface area contributed by atoms with Crippen LogP contribution in [0.4, 0.5) is 0 Å². The van der Waals surface area contributed by atoms with Gasteiger partial charge < -0.3 is 10.3 Å². The fraction of sp³-hybridized carbons (Fsp3) is 0.429. The van der Waals surface area contributed by atoms with Crippen molar-refractivity contribution in [2.75, 3.05) is 6.54 Å². The van der Waals surface area contributed by atoms with Gasteiger partial charge in [0.2, 0.25) is 0 Å². The molecule has 1 rings (SSSR count). The number of ketones is 1. The first-order valence-corrected chi connectivity index (χ1v) is 3.40. The maximum atomic E-state index is 11.1. The second-order valence-electron chi connectivity index (χ2n) is 2.26. The SMILES string of the molecule is Cc1oncc1C(=O)CCN. The van der Waals surface area contributed by atoms with Crippen LogP contribution in [0.25, 0.3) is 0 Å². The Morgan fingerprint density at radius 2 is 2.55 bits per heavy atom. The second kappa shape index (κ2) is 3.30. The van der Waals surface area contributed by atoms with Crippen LogP contribution in [0, 0.1) is 6.92 Å². The highest BCUT2D eigenvalue weighted by atomic mass is 16.5. The number of aromatic nitrogens is 1. The van der Waals surface area contributed by atoms with E-state index in [0.29, 0.717) is 24.3 Å². The lowest BCUT2D eigenvalue weighted by atomic mass is 10.1. The third-order valence-electron chi connectivity index (χ3n) is 1.42. The normalized spacial score (nSPS) is 10.0. The van der Waals surface area contributed by atoms with Crippen molar-refractivity contribution in [3.63, 3.8) is 0 Å². The molecule has 0 aliphatic carbocycles. The third kappa shape index (κ3) is 1.65. The average Bonchev–Trinajstić information content (AvgIpc) is 2.36. The van der Waals surface area contributed by atoms with Gasteiger partial charge in [0, 0.05) is 6.42 Å². The van der Waals surface area contributed by atoms with Crippen LogP contribution in [0.5, 0.6) is 0 Å². The predicted molar refractivity (Wildman–Crippen MR) is 39.2 cm³/mol. The summed E-state index contributed by atoms with van der Waals surface area (Å²) >= 11 is 0. The fourth-order valence-corrected chi connectivity index (χ4v) is 0.832. The van der Waals surface area contributed by atoms with E-state index in [4.69, 9.17) is 10.3 Å². The summed E-state index contributed by atoms with van der Waals surface area (Å²) in [5, 5.41) is 3.49. The zero-order valence-corrected chi connectivity index (χ0v) is 6.33. The summed E-state index contributed by atoms with van der Waals surface area (Å²) in [5.74, 6) is 0.551. The molecule has 0 fully saturated rings. The monoisotopic (exact) mass is 154 g/mol. The molecule has 4 heteroatoms. The Kier molecular flexibility index (Phi) is 2.38. The van der Waals surface area contributed by atoms with Crippen LogP contribution in [-0.2, 0) is 0 Å². The highest BCUT2D eigenvalue weighted by molar-refractivity contribution is 5.96. The number of rotatable bonds is 3. The number of hydrogen-bond acceptors (Lipinski definition) is 4. The van der Waals surface area contributed by atoms with Crippen LogP contribution >= 0.6 is 0 Å². The molecule has 0 aliphatic rings. The van der Waals surface area contributed by atoms with Gasteiger partial charge in [-0.25, -0.2) is 0 Å². The zero-order valence-electron chi connectivity index (χ0n) is 6.33. The van der Waals surface area contributed by atoms with Crippen molar-refractivity contribution in [1.82, 2.24) is 5.16 Å². The number of carbonyl (C=O) groups excluding carboxylic acids is 1. The minimum absolute atomic E-state index is 0.00810. The van der Waals surface area contributed by atoms with Crippen molar-refractivity contribution >= 4 is 5.78 Å². The molecule has 1 aromatic heterocycles. The highest BCUT2D eigenvalue weighted by Crippen LogP contribution is 2.07. The molecule has 0 atom stereocenters. The van der Waals surface area contributed by atoms with Gasteiger partial charge in [-0.3, -0.25) is 4.79 Å². The standard InChI is InChI=1S/C7H10N2O2/c1-5-6(4-9-11-5)7(10)2-3-8/h4H,2-3,8H2,1H3. The summed E-state index contributed by atoms with van der Waals surface area (Å²) in [6.45, 7) is 2.07. The first kappa shape index (κ1) is 7.94. The molecule has 4 nitrogen and oxygen atoms in total. The van der Waals surface area contributed by atoms with E-state index in [1.807, 2.05) is 0 Å². The molecular formula is C7H10N2O2. The molecule has 0 saturated carbocycles. The van der Waals surface area contributed by atoms with E-state index < -0.39 is 0 Å². The summed E-state index contributed by atoms with van der Waals surface area (Å²) in [7, 11) is 0. The fourth-order valence-electron chi connectivity index (χ4n) is 0.832. The van der Waals surface area contributed by atoms with Gasteiger partial charge in [0.05, 0.1) is 11.8 Å². The van der Waals surface area contributed by atoms with E-state index in [2.05, 4.69) is 5.16 Å². The van der Waals surface area contributed by atoms with Crippen molar-refractivity contribution in [2.45, 2.75) is 13.3 Å². The van der Waals surface area contributed by atoms with E-state index >= 15 is 0 Å². The van der Waals surface area contributed by atoms with Crippen LogP contribution in [0.15, 0.2) is 10.7 Å². The van der Waals surface area contributed by atoms with Gasteiger partial charge in [-0.2, -0.15) is 0 Å². The maximum Gasteiger partial charge on any atom is 0.169 e. The molecule has 0 radical (unpaired) electrons. The van der Waals surface area contributed by atoms with Gasteiger partial charge in [-0.1, -0.05) is 5.16 Å². The van der Waals surface area contributed by atoms with Gasteiger partial charge in [-0.15, -0.1) is 0 Å². The number of aryl methyl sites for hydroxylation is 1. The van der Waals surface area contributed by atoms with Crippen LogP contribution in [0.2, 0.25) is 0 Å². The summed E-state index contributed by atoms with van der Waals surface area (Å²) in [4.78, 5) is 11.1. The van der Waals surface area contributed by atoms with Crippen LogP contribution in [0.1, 0.15) is 22.5 Å². The van der Waals surface area contributed by atoms with Crippen molar-refractivity contribution in [3.05, 3.63) is 17.5 Å². The molecule has 0 aromatic carbocycles. The van der Waals surface area contributed by atoms with Gasteiger partial charge >= 0.3 is 0 Å². The predicted octanol–water partition coefficient (Wildman–Crippen LogP) is 0.515. The Labute approximate surface area is 64.4 Å². The molecule has 0 spiro atoms. The van der Waals surface area contributed by atoms with Gasteiger partial charge in [0.15, 0.2) is 5.78 Å². The van der Waals surface area contributed by atoms with Gasteiger partial charge in [0.25, 0.3) is 0 Å². The first-order valence-electron chi connectivity index (χ1n) is 3.40. The summed E-state index contributed by atoms with van der Waals surface area (Å²) in [6.07, 6.45) is 1.77. The highest BCUT2D eigenvalue weighted by Gasteiger charge is 2.10. The molecule has 2 N–H and O–H groups in total. The summed E-state index contributed by atoms with van der Waals surface area (Å²) < 4.78 is 4.72. The topological polar surface area (TPSA) is 69.1 Å². The second-order valence-corrected chi connectivity index (χ2v) is 2.26. The molecule has 1 heterocycles. The number of Topliss-reactive ketones (excluding diaryl/α,β-unsaturated/α-hetero) is 1. The molecule has 0 amide bonds. The Hall–Kier alpha value is -1.16. The molecule has 0 bridgehead atoms. The maximum absolute atomic E-state index is 11.1. The molecule has 0 unspecified atom stereocenters. The minimum atomic E-state index is -0.00810. The minimum Gasteiger partial charge on any atom is -0.361 e. The average molecular weight is 154 g/mol. The van der Waals surface area contributed by atoms with E-state index in [0.717, 1.165) is 0 Å². The van der Waals surface area contributed by atoms with Crippen molar-refractivity contribution in [3.8, 4) is 0 Å². The van der Waals surface area contributed by atoms with Crippen LogP contribution in [-0.4, -0.2) is 17.5 Å². The summed E-state index contributed by atoms with van der Waals surface area (Å²) in [6, 6.07) is 0. The van der Waals surface area contributed by atoms with Crippen molar-refractivity contribution in [2.24, 2.45) is 5.73 Å². The number of nitrogens with zero attached hydrogens (tertiary/aromatic N) is 1. The Bertz CT molecular complexity index is 255. The first-order chi connectivity index (χ1) is 5.25. The Morgan fingerprint density at radius 1 is 1.82 bits per heavy atom. The van der Waals surface area contributed by atoms with E-state index in [1.165, 1.54) is 6.20 Å². The largest absolute Gasteiger partial charge is 0.361 e. The summed E-state index contributed by atoms with van der Waals surface area (Å²) in [5.41, 5.74) is 5.75. The molecule has 0 aliphatic heterocycles. The Morgan fingerprint density at radius 3 is 3.00 bits per heavy atom. The third-order valence-corrected chi connectivity index (χ3v) is 1.42. The Balaban J connectivity index is 2.76. The quantitative estimate of drug-likeness (QED) is 0.644. The molecular weight excluding hydrogens is 144 g/mol. The van der Waals surface area contributed by atoms with E-state index in [1.54, 1.807) is 6.92 Å². The van der Waals surface area contributed by atoms with Crippen molar-refractivity contribution in [1.29, 1.82) is 0 Å². The lowest BCUT2D eigenvalue weighted by Crippen LogP contribution is -2.08. The van der Waals surface area contributed by atoms with Gasteiger partial charge in [-0.05, 0) is 13.5 Å². The molecule has 1 aromatic rings.